The van der Waals surface area contributed by atoms with Crippen LogP contribution in [0.15, 0.2) is 54.7 Å². The molecule has 1 atom stereocenters. The average Bonchev–Trinajstić information content (AvgIpc) is 3.36. The Morgan fingerprint density at radius 2 is 1.82 bits per heavy atom. The molecule has 3 aromatic rings. The van der Waals surface area contributed by atoms with Gasteiger partial charge in [-0.25, -0.2) is 14.2 Å². The van der Waals surface area contributed by atoms with E-state index < -0.39 is 17.6 Å². The van der Waals surface area contributed by atoms with Gasteiger partial charge in [-0.05, 0) is 69.0 Å². The third-order valence-electron chi connectivity index (χ3n) is 7.55. The summed E-state index contributed by atoms with van der Waals surface area (Å²) in [5.74, 6) is -0.395. The van der Waals surface area contributed by atoms with Crippen LogP contribution in [0.4, 0.5) is 22.4 Å². The number of nitrogens with zero attached hydrogens (tertiary/aromatic N) is 3. The first-order valence-corrected chi connectivity index (χ1v) is 13.4. The summed E-state index contributed by atoms with van der Waals surface area (Å²) < 4.78 is 61.8. The van der Waals surface area contributed by atoms with Gasteiger partial charge in [0.1, 0.15) is 18.2 Å². The number of benzene rings is 2. The smallest absolute Gasteiger partial charge is 0.419 e. The van der Waals surface area contributed by atoms with Crippen LogP contribution in [0, 0.1) is 5.82 Å². The number of amides is 1. The highest BCUT2D eigenvalue weighted by Gasteiger charge is 2.35. The maximum absolute atomic E-state index is 14.0. The number of hydrogen-bond acceptors (Lipinski definition) is 4. The lowest BCUT2D eigenvalue weighted by Crippen LogP contribution is -2.46. The third kappa shape index (κ3) is 6.43. The normalized spacial score (nSPS) is 18.8. The third-order valence-corrected chi connectivity index (χ3v) is 7.55. The average molecular weight is 545 g/mol. The number of likely N-dealkylation sites (tertiary alicyclic amines) is 1. The highest BCUT2D eigenvalue weighted by atomic mass is 19.4. The second-order valence-corrected chi connectivity index (χ2v) is 10.2. The number of piperidine rings is 2. The minimum Gasteiger partial charge on any atom is -0.445 e. The largest absolute Gasteiger partial charge is 0.445 e. The molecule has 1 aromatic heterocycles. The maximum Gasteiger partial charge on any atom is 0.419 e. The molecule has 0 aliphatic carbocycles. The Hall–Kier alpha value is -3.40. The van der Waals surface area contributed by atoms with Crippen molar-refractivity contribution in [3.05, 3.63) is 77.5 Å². The monoisotopic (exact) mass is 544 g/mol. The number of carbonyl (C=O) groups is 1. The van der Waals surface area contributed by atoms with Crippen LogP contribution in [-0.4, -0.2) is 46.2 Å². The van der Waals surface area contributed by atoms with Crippen LogP contribution in [0.5, 0.6) is 0 Å². The minimum absolute atomic E-state index is 0.129. The quantitative estimate of drug-likeness (QED) is 0.367. The van der Waals surface area contributed by atoms with E-state index in [1.165, 1.54) is 6.07 Å². The van der Waals surface area contributed by atoms with Gasteiger partial charge in [0.15, 0.2) is 0 Å². The van der Waals surface area contributed by atoms with Crippen molar-refractivity contribution in [2.24, 2.45) is 0 Å². The Balaban J connectivity index is 1.41. The molecule has 2 fully saturated rings. The molecule has 3 heterocycles. The van der Waals surface area contributed by atoms with Gasteiger partial charge in [0, 0.05) is 30.8 Å². The van der Waals surface area contributed by atoms with Crippen molar-refractivity contribution < 1.29 is 27.1 Å². The van der Waals surface area contributed by atoms with Gasteiger partial charge >= 0.3 is 12.3 Å². The summed E-state index contributed by atoms with van der Waals surface area (Å²) in [6, 6.07) is 12.4. The summed E-state index contributed by atoms with van der Waals surface area (Å²) in [4.78, 5) is 19.6. The summed E-state index contributed by atoms with van der Waals surface area (Å²) in [5.41, 5.74) is 0.172. The number of imidazole rings is 1. The fourth-order valence-corrected chi connectivity index (χ4v) is 5.48. The Morgan fingerprint density at radius 1 is 1.05 bits per heavy atom. The molecule has 2 saturated heterocycles. The van der Waals surface area contributed by atoms with Crippen LogP contribution in [0.1, 0.15) is 55.0 Å². The van der Waals surface area contributed by atoms with E-state index >= 15 is 0 Å². The Bertz CT molecular complexity index is 1270. The molecule has 208 valence electrons. The molecule has 0 saturated carbocycles. The SMILES string of the molecule is O=C(OCc1ccccc1)N1CCCC[C@@H]1Cn1cc(-c2ccc(F)c(C(F)(F)F)c2)nc1C1CCNCC1. The molecule has 0 bridgehead atoms. The summed E-state index contributed by atoms with van der Waals surface area (Å²) >= 11 is 0. The summed E-state index contributed by atoms with van der Waals surface area (Å²) in [7, 11) is 0. The topological polar surface area (TPSA) is 59.4 Å². The van der Waals surface area contributed by atoms with Crippen molar-refractivity contribution in [1.29, 1.82) is 0 Å². The van der Waals surface area contributed by atoms with E-state index in [1.807, 2.05) is 34.9 Å². The van der Waals surface area contributed by atoms with E-state index in [1.54, 1.807) is 11.1 Å². The van der Waals surface area contributed by atoms with Gasteiger partial charge in [0.05, 0.1) is 17.3 Å². The molecule has 2 aliphatic rings. The van der Waals surface area contributed by atoms with Crippen molar-refractivity contribution in [1.82, 2.24) is 19.8 Å². The second-order valence-electron chi connectivity index (χ2n) is 10.2. The summed E-state index contributed by atoms with van der Waals surface area (Å²) in [5, 5.41) is 3.33. The predicted molar refractivity (Wildman–Crippen MR) is 138 cm³/mol. The molecule has 10 heteroatoms. The number of ether oxygens (including phenoxy) is 1. The molecular formula is C29H32F4N4O2. The molecular weight excluding hydrogens is 512 g/mol. The van der Waals surface area contributed by atoms with Crippen molar-refractivity contribution in [2.45, 2.75) is 63.4 Å². The predicted octanol–water partition coefficient (Wildman–Crippen LogP) is 6.37. The van der Waals surface area contributed by atoms with Crippen LogP contribution in [-0.2, 0) is 24.1 Å². The van der Waals surface area contributed by atoms with E-state index in [2.05, 4.69) is 5.32 Å². The van der Waals surface area contributed by atoms with Crippen molar-refractivity contribution >= 4 is 6.09 Å². The zero-order chi connectivity index (χ0) is 27.4. The number of halogens is 4. The molecule has 0 unspecified atom stereocenters. The molecule has 0 spiro atoms. The summed E-state index contributed by atoms with van der Waals surface area (Å²) in [6.45, 7) is 2.87. The highest BCUT2D eigenvalue weighted by Crippen LogP contribution is 2.35. The molecule has 2 aromatic carbocycles. The second kappa shape index (κ2) is 11.8. The minimum atomic E-state index is -4.80. The number of nitrogens with one attached hydrogen (secondary N) is 1. The molecule has 2 aliphatic heterocycles. The van der Waals surface area contributed by atoms with E-state index in [9.17, 15) is 22.4 Å². The van der Waals surface area contributed by atoms with Gasteiger partial charge in [0.25, 0.3) is 0 Å². The number of hydrogen-bond donors (Lipinski definition) is 1. The molecule has 6 nitrogen and oxygen atoms in total. The highest BCUT2D eigenvalue weighted by molar-refractivity contribution is 5.68. The molecule has 39 heavy (non-hydrogen) atoms. The lowest BCUT2D eigenvalue weighted by atomic mass is 9.96. The van der Waals surface area contributed by atoms with Crippen molar-refractivity contribution in [3.8, 4) is 11.3 Å². The van der Waals surface area contributed by atoms with Crippen LogP contribution >= 0.6 is 0 Å². The van der Waals surface area contributed by atoms with E-state index in [-0.39, 0.29) is 30.2 Å². The maximum atomic E-state index is 14.0. The van der Waals surface area contributed by atoms with Gasteiger partial charge in [0.2, 0.25) is 0 Å². The number of carbonyl (C=O) groups excluding carboxylic acids is 1. The van der Waals surface area contributed by atoms with Crippen LogP contribution < -0.4 is 5.32 Å². The molecule has 1 N–H and O–H groups in total. The van der Waals surface area contributed by atoms with Crippen molar-refractivity contribution in [3.63, 3.8) is 0 Å². The first kappa shape index (κ1) is 27.2. The first-order valence-electron chi connectivity index (χ1n) is 13.4. The Morgan fingerprint density at radius 3 is 2.56 bits per heavy atom. The van der Waals surface area contributed by atoms with Gasteiger partial charge in [-0.2, -0.15) is 13.2 Å². The van der Waals surface area contributed by atoms with Gasteiger partial charge in [-0.15, -0.1) is 0 Å². The molecule has 0 radical (unpaired) electrons. The van der Waals surface area contributed by atoms with E-state index in [4.69, 9.17) is 9.72 Å². The molecule has 1 amide bonds. The number of alkyl halides is 3. The standard InChI is InChI=1S/C29H32F4N4O2/c30-25-10-9-22(16-24(25)29(31,32)33)26-18-36(27(35-26)21-11-13-34-14-12-21)17-23-8-4-5-15-37(23)28(38)39-19-20-6-2-1-3-7-20/h1-3,6-7,9-10,16,18,21,23,34H,4-5,8,11-15,17,19H2/t23-/m1/s1. The lowest BCUT2D eigenvalue weighted by molar-refractivity contribution is -0.139. The van der Waals surface area contributed by atoms with Gasteiger partial charge in [-0.3, -0.25) is 0 Å². The van der Waals surface area contributed by atoms with Crippen LogP contribution in [0.3, 0.4) is 0 Å². The number of rotatable bonds is 6. The summed E-state index contributed by atoms with van der Waals surface area (Å²) in [6.07, 6.45) is 0.890. The van der Waals surface area contributed by atoms with Gasteiger partial charge in [-0.1, -0.05) is 30.3 Å². The zero-order valence-electron chi connectivity index (χ0n) is 21.6. The first-order chi connectivity index (χ1) is 18.8. The molecule has 5 rings (SSSR count). The zero-order valence-corrected chi connectivity index (χ0v) is 21.6. The lowest BCUT2D eigenvalue weighted by Gasteiger charge is -2.35. The van der Waals surface area contributed by atoms with E-state index in [0.29, 0.717) is 18.8 Å². The van der Waals surface area contributed by atoms with Crippen molar-refractivity contribution in [2.75, 3.05) is 19.6 Å². The fraction of sp³-hybridized carbons (Fsp3) is 0.448. The van der Waals surface area contributed by atoms with Crippen LogP contribution in [0.25, 0.3) is 11.3 Å². The Kier molecular flexibility index (Phi) is 8.20. The van der Waals surface area contributed by atoms with Gasteiger partial charge < -0.3 is 19.5 Å². The van der Waals surface area contributed by atoms with Crippen LogP contribution in [0.2, 0.25) is 0 Å². The fourth-order valence-electron chi connectivity index (χ4n) is 5.48. The van der Waals surface area contributed by atoms with E-state index in [0.717, 1.165) is 68.7 Å². The Labute approximate surface area is 225 Å². The number of aromatic nitrogens is 2.